The van der Waals surface area contributed by atoms with Gasteiger partial charge in [-0.2, -0.15) is 0 Å². The van der Waals surface area contributed by atoms with Crippen LogP contribution in [0.1, 0.15) is 6.42 Å². The van der Waals surface area contributed by atoms with E-state index in [0.717, 1.165) is 23.2 Å². The summed E-state index contributed by atoms with van der Waals surface area (Å²) in [5, 5.41) is 3.13. The van der Waals surface area contributed by atoms with Gasteiger partial charge in [-0.25, -0.2) is 18.1 Å². The first kappa shape index (κ1) is 12.0. The highest BCUT2D eigenvalue weighted by molar-refractivity contribution is 7.91. The molecule has 0 aliphatic carbocycles. The lowest BCUT2D eigenvalue weighted by Crippen LogP contribution is -2.36. The molecular formula is C11H13N3O2S2. The molecule has 1 saturated heterocycles. The highest BCUT2D eigenvalue weighted by Gasteiger charge is 2.25. The van der Waals surface area contributed by atoms with Gasteiger partial charge in [-0.1, -0.05) is 12.1 Å². The van der Waals surface area contributed by atoms with Crippen molar-refractivity contribution in [1.82, 2.24) is 15.0 Å². The second-order valence-electron chi connectivity index (χ2n) is 4.26. The molecule has 1 aliphatic rings. The molecule has 0 spiro atoms. The average Bonchev–Trinajstić information content (AvgIpc) is 2.96. The molecule has 1 aromatic carbocycles. The number of nitrogens with zero attached hydrogens (tertiary/aromatic N) is 1. The quantitative estimate of drug-likeness (QED) is 0.879. The van der Waals surface area contributed by atoms with Crippen LogP contribution in [0.15, 0.2) is 28.6 Å². The van der Waals surface area contributed by atoms with Crippen LogP contribution in [0.5, 0.6) is 0 Å². The summed E-state index contributed by atoms with van der Waals surface area (Å²) in [5.74, 6) is 0. The van der Waals surface area contributed by atoms with Crippen molar-refractivity contribution in [3.63, 3.8) is 0 Å². The van der Waals surface area contributed by atoms with Crippen LogP contribution < -0.4 is 10.0 Å². The van der Waals surface area contributed by atoms with Gasteiger partial charge in [0.05, 0.1) is 10.2 Å². The molecule has 5 nitrogen and oxygen atoms in total. The fraction of sp³-hybridized carbons (Fsp3) is 0.364. The Morgan fingerprint density at radius 3 is 2.94 bits per heavy atom. The highest BCUT2D eigenvalue weighted by atomic mass is 32.2. The summed E-state index contributed by atoms with van der Waals surface area (Å²) < 4.78 is 28.1. The van der Waals surface area contributed by atoms with Gasteiger partial charge in [-0.3, -0.25) is 0 Å². The van der Waals surface area contributed by atoms with Crippen LogP contribution in [0, 0.1) is 0 Å². The van der Waals surface area contributed by atoms with E-state index >= 15 is 0 Å². The van der Waals surface area contributed by atoms with Crippen molar-refractivity contribution in [3.8, 4) is 0 Å². The normalized spacial score (nSPS) is 20.6. The monoisotopic (exact) mass is 283 g/mol. The van der Waals surface area contributed by atoms with Crippen LogP contribution in [-0.2, 0) is 10.0 Å². The van der Waals surface area contributed by atoms with Crippen molar-refractivity contribution in [1.29, 1.82) is 0 Å². The first-order chi connectivity index (χ1) is 8.65. The molecule has 3 rings (SSSR count). The lowest BCUT2D eigenvalue weighted by Gasteiger charge is -2.09. The van der Waals surface area contributed by atoms with Crippen molar-refractivity contribution in [3.05, 3.63) is 24.3 Å². The molecule has 18 heavy (non-hydrogen) atoms. The number of sulfonamides is 1. The number of thiazole rings is 1. The van der Waals surface area contributed by atoms with Crippen molar-refractivity contribution < 1.29 is 8.42 Å². The lowest BCUT2D eigenvalue weighted by molar-refractivity contribution is 0.559. The van der Waals surface area contributed by atoms with Crippen LogP contribution in [-0.4, -0.2) is 32.5 Å². The summed E-state index contributed by atoms with van der Waals surface area (Å²) in [6, 6.07) is 7.41. The topological polar surface area (TPSA) is 71.1 Å². The van der Waals surface area contributed by atoms with Crippen molar-refractivity contribution in [2.75, 3.05) is 13.1 Å². The molecule has 0 bridgehead atoms. The van der Waals surface area contributed by atoms with E-state index < -0.39 is 10.0 Å². The Balaban J connectivity index is 1.92. The van der Waals surface area contributed by atoms with Crippen molar-refractivity contribution in [2.45, 2.75) is 16.8 Å². The Bertz CT molecular complexity index is 627. The van der Waals surface area contributed by atoms with Gasteiger partial charge in [0.2, 0.25) is 4.34 Å². The van der Waals surface area contributed by atoms with Crippen LogP contribution in [0.25, 0.3) is 10.2 Å². The second-order valence-corrected chi connectivity index (χ2v) is 7.18. The average molecular weight is 283 g/mol. The number of benzene rings is 1. The molecule has 96 valence electrons. The molecule has 1 aromatic heterocycles. The maximum Gasteiger partial charge on any atom is 0.268 e. The molecule has 2 aromatic rings. The van der Waals surface area contributed by atoms with Crippen molar-refractivity contribution >= 4 is 31.6 Å². The van der Waals surface area contributed by atoms with Gasteiger partial charge >= 0.3 is 0 Å². The van der Waals surface area contributed by atoms with Crippen molar-refractivity contribution in [2.24, 2.45) is 0 Å². The number of rotatable bonds is 3. The van der Waals surface area contributed by atoms with Gasteiger partial charge in [0.25, 0.3) is 10.0 Å². The third kappa shape index (κ3) is 2.26. The molecular weight excluding hydrogens is 270 g/mol. The predicted octanol–water partition coefficient (Wildman–Crippen LogP) is 0.937. The predicted molar refractivity (Wildman–Crippen MR) is 71.2 cm³/mol. The third-order valence-electron chi connectivity index (χ3n) is 2.89. The first-order valence-corrected chi connectivity index (χ1v) is 8.04. The minimum absolute atomic E-state index is 0.0259. The number of nitrogens with one attached hydrogen (secondary N) is 2. The number of para-hydroxylation sites is 1. The Kier molecular flexibility index (Phi) is 3.06. The van der Waals surface area contributed by atoms with Crippen LogP contribution in [0.2, 0.25) is 0 Å². The SMILES string of the molecule is O=S(=O)(NC1CCNC1)c1nc2ccccc2s1. The van der Waals surface area contributed by atoms with E-state index in [9.17, 15) is 8.42 Å². The number of hydrogen-bond acceptors (Lipinski definition) is 5. The number of hydrogen-bond donors (Lipinski definition) is 2. The van der Waals surface area contributed by atoms with Gasteiger partial charge in [-0.05, 0) is 25.1 Å². The maximum absolute atomic E-state index is 12.2. The Morgan fingerprint density at radius 2 is 2.22 bits per heavy atom. The smallest absolute Gasteiger partial charge is 0.268 e. The van der Waals surface area contributed by atoms with Gasteiger partial charge in [0, 0.05) is 12.6 Å². The molecule has 1 atom stereocenters. The fourth-order valence-corrected chi connectivity index (χ4v) is 4.50. The highest BCUT2D eigenvalue weighted by Crippen LogP contribution is 2.25. The Labute approximate surface area is 109 Å². The summed E-state index contributed by atoms with van der Waals surface area (Å²) in [6.07, 6.45) is 0.824. The maximum atomic E-state index is 12.2. The summed E-state index contributed by atoms with van der Waals surface area (Å²) in [4.78, 5) is 4.17. The summed E-state index contributed by atoms with van der Waals surface area (Å²) in [5.41, 5.74) is 0.729. The van der Waals surface area contributed by atoms with Gasteiger partial charge in [0.15, 0.2) is 0 Å². The molecule has 2 N–H and O–H groups in total. The Morgan fingerprint density at radius 1 is 1.39 bits per heavy atom. The zero-order valence-corrected chi connectivity index (χ0v) is 11.2. The molecule has 1 aliphatic heterocycles. The van der Waals surface area contributed by atoms with E-state index in [1.807, 2.05) is 24.3 Å². The largest absolute Gasteiger partial charge is 0.315 e. The van der Waals surface area contributed by atoms with E-state index in [-0.39, 0.29) is 10.4 Å². The summed E-state index contributed by atoms with van der Waals surface area (Å²) in [6.45, 7) is 1.54. The van der Waals surface area contributed by atoms with E-state index in [1.165, 1.54) is 11.3 Å². The minimum atomic E-state index is -3.49. The van der Waals surface area contributed by atoms with E-state index in [2.05, 4.69) is 15.0 Å². The van der Waals surface area contributed by atoms with E-state index in [4.69, 9.17) is 0 Å². The number of aromatic nitrogens is 1. The van der Waals surface area contributed by atoms with Gasteiger partial charge in [-0.15, -0.1) is 11.3 Å². The minimum Gasteiger partial charge on any atom is -0.315 e. The van der Waals surface area contributed by atoms with Crippen LogP contribution >= 0.6 is 11.3 Å². The zero-order valence-electron chi connectivity index (χ0n) is 9.59. The molecule has 1 unspecified atom stereocenters. The number of fused-ring (bicyclic) bond motifs is 1. The third-order valence-corrected chi connectivity index (χ3v) is 5.82. The second kappa shape index (κ2) is 4.58. The van der Waals surface area contributed by atoms with Crippen LogP contribution in [0.4, 0.5) is 0 Å². The summed E-state index contributed by atoms with van der Waals surface area (Å²) in [7, 11) is -3.49. The molecule has 7 heteroatoms. The van der Waals surface area contributed by atoms with E-state index in [1.54, 1.807) is 0 Å². The Hall–Kier alpha value is -1.02. The molecule has 1 fully saturated rings. The van der Waals surface area contributed by atoms with E-state index in [0.29, 0.717) is 6.54 Å². The standard InChI is InChI=1S/C11H13N3O2S2/c15-18(16,14-8-5-6-12-7-8)11-13-9-3-1-2-4-10(9)17-11/h1-4,8,12,14H,5-7H2. The fourth-order valence-electron chi connectivity index (χ4n) is 1.99. The van der Waals surface area contributed by atoms with Gasteiger partial charge in [0.1, 0.15) is 0 Å². The summed E-state index contributed by atoms with van der Waals surface area (Å²) >= 11 is 1.21. The lowest BCUT2D eigenvalue weighted by atomic mass is 10.3. The van der Waals surface area contributed by atoms with Crippen LogP contribution in [0.3, 0.4) is 0 Å². The molecule has 0 radical (unpaired) electrons. The molecule has 0 amide bonds. The van der Waals surface area contributed by atoms with Gasteiger partial charge < -0.3 is 5.32 Å². The zero-order chi connectivity index (χ0) is 12.6. The molecule has 0 saturated carbocycles. The molecule has 2 heterocycles. The first-order valence-electron chi connectivity index (χ1n) is 5.74.